The molecular weight excluding hydrogens is 321 g/mol. The van der Waals surface area contributed by atoms with Crippen LogP contribution in [0.25, 0.3) is 0 Å². The lowest BCUT2D eigenvalue weighted by Gasteiger charge is -2.24. The highest BCUT2D eigenvalue weighted by Gasteiger charge is 2.35. The Labute approximate surface area is 125 Å². The molecule has 0 unspecified atom stereocenters. The average Bonchev–Trinajstić information content (AvgIpc) is 2.76. The van der Waals surface area contributed by atoms with Gasteiger partial charge in [0.2, 0.25) is 0 Å². The Hall–Kier alpha value is -1.77. The summed E-state index contributed by atoms with van der Waals surface area (Å²) in [5, 5.41) is 0. The molecule has 1 aromatic carbocycles. The van der Waals surface area contributed by atoms with Crippen molar-refractivity contribution in [2.24, 2.45) is 0 Å². The van der Waals surface area contributed by atoms with Crippen molar-refractivity contribution in [2.45, 2.75) is 18.6 Å². The topological polar surface area (TPSA) is 80.5 Å². The predicted molar refractivity (Wildman–Crippen MR) is 75.0 cm³/mol. The first-order valence-corrected chi connectivity index (χ1v) is 8.28. The summed E-state index contributed by atoms with van der Waals surface area (Å²) < 4.78 is 61.1. The van der Waals surface area contributed by atoms with Crippen LogP contribution in [0.15, 0.2) is 18.2 Å². The first-order chi connectivity index (χ1) is 10.0. The van der Waals surface area contributed by atoms with Gasteiger partial charge in [0.05, 0.1) is 22.6 Å². The number of carbonyl (C=O) groups is 1. The van der Waals surface area contributed by atoms with Crippen LogP contribution in [0.3, 0.4) is 0 Å². The largest absolute Gasteiger partial charge is 0.416 e. The summed E-state index contributed by atoms with van der Waals surface area (Å²) in [6, 6.07) is 1.96. The third-order valence-corrected chi connectivity index (χ3v) is 5.44. The molecule has 22 heavy (non-hydrogen) atoms. The highest BCUT2D eigenvalue weighted by atomic mass is 32.2. The van der Waals surface area contributed by atoms with E-state index in [9.17, 15) is 26.4 Å². The number of alkyl halides is 3. The Balaban J connectivity index is 2.29. The Kier molecular flexibility index (Phi) is 4.12. The first-order valence-electron chi connectivity index (χ1n) is 6.45. The fourth-order valence-corrected chi connectivity index (χ4v) is 4.13. The van der Waals surface area contributed by atoms with Gasteiger partial charge in [0.1, 0.15) is 0 Å². The molecule has 0 radical (unpaired) electrons. The number of sulfone groups is 1. The number of amides is 1. The molecular formula is C13H15F3N2O3S. The number of nitrogen functional groups attached to an aromatic ring is 1. The molecule has 1 saturated heterocycles. The average molecular weight is 336 g/mol. The molecule has 2 N–H and O–H groups in total. The van der Waals surface area contributed by atoms with Gasteiger partial charge in [0, 0.05) is 18.8 Å². The number of carbonyl (C=O) groups excluding carboxylic acids is 1. The smallest absolute Gasteiger partial charge is 0.398 e. The van der Waals surface area contributed by atoms with Crippen LogP contribution >= 0.6 is 0 Å². The van der Waals surface area contributed by atoms with Crippen molar-refractivity contribution >= 4 is 21.4 Å². The number of anilines is 1. The van der Waals surface area contributed by atoms with E-state index in [0.29, 0.717) is 6.07 Å². The van der Waals surface area contributed by atoms with E-state index in [1.54, 1.807) is 0 Å². The molecule has 0 spiro atoms. The summed E-state index contributed by atoms with van der Waals surface area (Å²) in [6.45, 7) is 0. The van der Waals surface area contributed by atoms with Crippen molar-refractivity contribution in [1.29, 1.82) is 0 Å². The van der Waals surface area contributed by atoms with Crippen LogP contribution in [-0.2, 0) is 16.0 Å². The first kappa shape index (κ1) is 16.6. The summed E-state index contributed by atoms with van der Waals surface area (Å²) in [6.07, 6.45) is -4.32. The van der Waals surface area contributed by atoms with Crippen LogP contribution in [0, 0.1) is 0 Å². The Morgan fingerprint density at radius 2 is 2.00 bits per heavy atom. The van der Waals surface area contributed by atoms with E-state index in [4.69, 9.17) is 5.73 Å². The summed E-state index contributed by atoms with van der Waals surface area (Å²) in [5.41, 5.74) is 4.26. The Bertz CT molecular complexity index is 701. The normalized spacial score (nSPS) is 20.8. The van der Waals surface area contributed by atoms with Crippen LogP contribution in [-0.4, -0.2) is 43.8 Å². The molecule has 5 nitrogen and oxygen atoms in total. The number of nitrogens with zero attached hydrogens (tertiary/aromatic N) is 1. The summed E-state index contributed by atoms with van der Waals surface area (Å²) in [5.74, 6) is -0.938. The van der Waals surface area contributed by atoms with Crippen molar-refractivity contribution in [3.63, 3.8) is 0 Å². The minimum atomic E-state index is -4.59. The molecule has 1 atom stereocenters. The van der Waals surface area contributed by atoms with E-state index in [2.05, 4.69) is 0 Å². The molecule has 0 aromatic heterocycles. The Morgan fingerprint density at radius 3 is 2.50 bits per heavy atom. The molecule has 1 aliphatic rings. The van der Waals surface area contributed by atoms with Crippen molar-refractivity contribution in [1.82, 2.24) is 4.90 Å². The van der Waals surface area contributed by atoms with Crippen LogP contribution in [0.1, 0.15) is 22.3 Å². The Morgan fingerprint density at radius 1 is 1.36 bits per heavy atom. The zero-order chi connectivity index (χ0) is 16.7. The minimum absolute atomic E-state index is 0.0344. The third-order valence-electron chi connectivity index (χ3n) is 3.69. The van der Waals surface area contributed by atoms with Crippen molar-refractivity contribution < 1.29 is 26.4 Å². The maximum atomic E-state index is 12.7. The molecule has 0 bridgehead atoms. The molecule has 2 rings (SSSR count). The molecule has 1 amide bonds. The van der Waals surface area contributed by atoms with Gasteiger partial charge in [0.15, 0.2) is 9.84 Å². The lowest BCUT2D eigenvalue weighted by molar-refractivity contribution is -0.137. The third kappa shape index (κ3) is 3.34. The van der Waals surface area contributed by atoms with Crippen LogP contribution in [0.2, 0.25) is 0 Å². The van der Waals surface area contributed by atoms with Crippen LogP contribution in [0.4, 0.5) is 18.9 Å². The van der Waals surface area contributed by atoms with Gasteiger partial charge in [-0.1, -0.05) is 0 Å². The SMILES string of the molecule is CN(C(=O)c1cc(C(F)(F)F)ccc1N)[C@@H]1CCS(=O)(=O)C1. The molecule has 1 heterocycles. The lowest BCUT2D eigenvalue weighted by Crippen LogP contribution is -2.38. The van der Waals surface area contributed by atoms with Crippen molar-refractivity contribution in [3.05, 3.63) is 29.3 Å². The lowest BCUT2D eigenvalue weighted by atomic mass is 10.1. The van der Waals surface area contributed by atoms with Gasteiger partial charge in [-0.05, 0) is 24.6 Å². The van der Waals surface area contributed by atoms with Gasteiger partial charge in [0.25, 0.3) is 5.91 Å². The van der Waals surface area contributed by atoms with Crippen molar-refractivity contribution in [2.75, 3.05) is 24.3 Å². The number of nitrogens with two attached hydrogens (primary N) is 1. The van der Waals surface area contributed by atoms with E-state index in [1.807, 2.05) is 0 Å². The molecule has 1 aromatic rings. The second kappa shape index (κ2) is 5.45. The number of hydrogen-bond acceptors (Lipinski definition) is 4. The van der Waals surface area contributed by atoms with E-state index in [1.165, 1.54) is 7.05 Å². The number of hydrogen-bond donors (Lipinski definition) is 1. The molecule has 1 aliphatic heterocycles. The van der Waals surface area contributed by atoms with E-state index < -0.39 is 33.5 Å². The van der Waals surface area contributed by atoms with Crippen LogP contribution in [0.5, 0.6) is 0 Å². The fraction of sp³-hybridized carbons (Fsp3) is 0.462. The maximum absolute atomic E-state index is 12.7. The molecule has 0 saturated carbocycles. The van der Waals surface area contributed by atoms with E-state index in [0.717, 1.165) is 17.0 Å². The molecule has 122 valence electrons. The summed E-state index contributed by atoms with van der Waals surface area (Å²) in [7, 11) is -1.83. The van der Waals surface area contributed by atoms with Crippen LogP contribution < -0.4 is 5.73 Å². The van der Waals surface area contributed by atoms with Gasteiger partial charge in [-0.3, -0.25) is 4.79 Å². The zero-order valence-electron chi connectivity index (χ0n) is 11.7. The van der Waals surface area contributed by atoms with E-state index >= 15 is 0 Å². The van der Waals surface area contributed by atoms with Gasteiger partial charge in [-0.25, -0.2) is 8.42 Å². The van der Waals surface area contributed by atoms with Crippen molar-refractivity contribution in [3.8, 4) is 0 Å². The number of halogens is 3. The molecule has 9 heteroatoms. The number of benzene rings is 1. The van der Waals surface area contributed by atoms with E-state index in [-0.39, 0.29) is 29.2 Å². The quantitative estimate of drug-likeness (QED) is 0.831. The highest BCUT2D eigenvalue weighted by Crippen LogP contribution is 2.32. The molecule has 1 fully saturated rings. The van der Waals surface area contributed by atoms with Gasteiger partial charge in [-0.15, -0.1) is 0 Å². The second-order valence-corrected chi connectivity index (χ2v) is 7.50. The van der Waals surface area contributed by atoms with Gasteiger partial charge in [-0.2, -0.15) is 13.2 Å². The summed E-state index contributed by atoms with van der Waals surface area (Å²) >= 11 is 0. The fourth-order valence-electron chi connectivity index (χ4n) is 2.35. The summed E-state index contributed by atoms with van der Waals surface area (Å²) in [4.78, 5) is 13.5. The molecule has 0 aliphatic carbocycles. The van der Waals surface area contributed by atoms with Gasteiger partial charge < -0.3 is 10.6 Å². The second-order valence-electron chi connectivity index (χ2n) is 5.27. The predicted octanol–water partition coefficient (Wildman–Crippen LogP) is 1.55. The highest BCUT2D eigenvalue weighted by molar-refractivity contribution is 7.91. The van der Waals surface area contributed by atoms with Gasteiger partial charge >= 0.3 is 6.18 Å². The maximum Gasteiger partial charge on any atom is 0.416 e. The number of rotatable bonds is 2. The zero-order valence-corrected chi connectivity index (χ0v) is 12.5. The monoisotopic (exact) mass is 336 g/mol. The standard InChI is InChI=1S/C13H15F3N2O3S/c1-18(9-4-5-22(20,21)7-9)12(19)10-6-8(13(14,15)16)2-3-11(10)17/h2-3,6,9H,4-5,7,17H2,1H3/t9-/m1/s1. The minimum Gasteiger partial charge on any atom is -0.398 e.